The van der Waals surface area contributed by atoms with Gasteiger partial charge in [0.25, 0.3) is 0 Å². The van der Waals surface area contributed by atoms with E-state index in [0.717, 1.165) is 14.9 Å². The number of thioether (sulfide) groups is 1. The molecule has 0 spiro atoms. The summed E-state index contributed by atoms with van der Waals surface area (Å²) in [7, 11) is 0. The van der Waals surface area contributed by atoms with E-state index in [-0.39, 0.29) is 23.2 Å². The zero-order valence-electron chi connectivity index (χ0n) is 17.7. The van der Waals surface area contributed by atoms with E-state index in [0.29, 0.717) is 33.7 Å². The van der Waals surface area contributed by atoms with Crippen LogP contribution >= 0.6 is 46.3 Å². The zero-order valence-corrected chi connectivity index (χ0v) is 20.8. The molecule has 5 atom stereocenters. The second kappa shape index (κ2) is 8.49. The summed E-state index contributed by atoms with van der Waals surface area (Å²) in [4.78, 5) is 27.0. The van der Waals surface area contributed by atoms with Crippen LogP contribution in [0.2, 0.25) is 10.0 Å². The number of anilines is 1. The molecule has 4 nitrogen and oxygen atoms in total. The Morgan fingerprint density at radius 1 is 1.00 bits per heavy atom. The summed E-state index contributed by atoms with van der Waals surface area (Å²) < 4.78 is 1.68. The Morgan fingerprint density at radius 3 is 2.39 bits per heavy atom. The molecular weight excluding hydrogens is 495 g/mol. The van der Waals surface area contributed by atoms with E-state index < -0.39 is 0 Å². The number of hydrogen-bond donors (Lipinski definition) is 1. The van der Waals surface area contributed by atoms with Gasteiger partial charge >= 0.3 is 4.87 Å². The molecule has 6 rings (SSSR count). The van der Waals surface area contributed by atoms with Crippen LogP contribution in [-0.2, 0) is 11.3 Å². The van der Waals surface area contributed by atoms with Crippen molar-refractivity contribution in [3.63, 3.8) is 0 Å². The van der Waals surface area contributed by atoms with E-state index >= 15 is 0 Å². The maximum Gasteiger partial charge on any atom is 0.308 e. The van der Waals surface area contributed by atoms with Gasteiger partial charge in [0.15, 0.2) is 0 Å². The molecule has 3 aliphatic rings. The first-order valence-corrected chi connectivity index (χ1v) is 13.6. The molecule has 0 unspecified atom stereocenters. The van der Waals surface area contributed by atoms with Crippen molar-refractivity contribution in [1.82, 2.24) is 4.57 Å². The van der Waals surface area contributed by atoms with Gasteiger partial charge in [0, 0.05) is 31.8 Å². The molecule has 2 aromatic carbocycles. The number of rotatable bonds is 4. The Morgan fingerprint density at radius 2 is 1.67 bits per heavy atom. The van der Waals surface area contributed by atoms with Crippen LogP contribution in [0.15, 0.2) is 58.4 Å². The minimum absolute atomic E-state index is 0.0130. The van der Waals surface area contributed by atoms with Crippen molar-refractivity contribution < 1.29 is 4.79 Å². The van der Waals surface area contributed by atoms with E-state index in [1.165, 1.54) is 36.2 Å². The van der Waals surface area contributed by atoms with E-state index in [4.69, 9.17) is 23.2 Å². The van der Waals surface area contributed by atoms with Crippen molar-refractivity contribution in [2.24, 2.45) is 17.8 Å². The Labute approximate surface area is 210 Å². The van der Waals surface area contributed by atoms with Gasteiger partial charge in [-0.1, -0.05) is 46.7 Å². The van der Waals surface area contributed by atoms with Crippen molar-refractivity contribution in [2.75, 3.05) is 5.32 Å². The number of nitrogens with zero attached hydrogens (tertiary/aromatic N) is 1. The maximum atomic E-state index is 13.1. The van der Waals surface area contributed by atoms with Gasteiger partial charge < -0.3 is 5.32 Å². The van der Waals surface area contributed by atoms with Crippen molar-refractivity contribution in [3.05, 3.63) is 78.7 Å². The number of hydrogen-bond acceptors (Lipinski definition) is 4. The number of fused-ring (bicyclic) bond motifs is 6. The van der Waals surface area contributed by atoms with Crippen LogP contribution in [0.5, 0.6) is 0 Å². The Kier molecular flexibility index (Phi) is 5.60. The van der Waals surface area contributed by atoms with Gasteiger partial charge in [-0.05, 0) is 79.0 Å². The summed E-state index contributed by atoms with van der Waals surface area (Å²) in [6.07, 6.45) is 3.83. The van der Waals surface area contributed by atoms with Crippen LogP contribution in [0.4, 0.5) is 5.69 Å². The van der Waals surface area contributed by atoms with Gasteiger partial charge in [0.05, 0.1) is 5.03 Å². The third-order valence-corrected chi connectivity index (χ3v) is 10.7. The minimum Gasteiger partial charge on any atom is -0.325 e. The van der Waals surface area contributed by atoms with Gasteiger partial charge in [-0.25, -0.2) is 0 Å². The number of benzene rings is 2. The van der Waals surface area contributed by atoms with Crippen molar-refractivity contribution in [3.8, 4) is 0 Å². The molecule has 2 fully saturated rings. The van der Waals surface area contributed by atoms with Crippen LogP contribution in [0, 0.1) is 17.8 Å². The van der Waals surface area contributed by atoms with E-state index in [2.05, 4.69) is 17.4 Å². The number of carbonyl (C=O) groups is 1. The monoisotopic (exact) mass is 516 g/mol. The molecule has 1 amide bonds. The maximum absolute atomic E-state index is 13.1. The van der Waals surface area contributed by atoms with Gasteiger partial charge in [-0.15, -0.1) is 11.8 Å². The van der Waals surface area contributed by atoms with Gasteiger partial charge in [-0.3, -0.25) is 14.2 Å². The largest absolute Gasteiger partial charge is 0.325 e. The lowest BCUT2D eigenvalue weighted by molar-refractivity contribution is -0.116. The topological polar surface area (TPSA) is 51.1 Å². The molecule has 2 heterocycles. The number of thiazole rings is 1. The van der Waals surface area contributed by atoms with Crippen LogP contribution < -0.4 is 10.2 Å². The molecule has 2 aliphatic carbocycles. The molecule has 170 valence electrons. The molecule has 1 N–H and O–H groups in total. The van der Waals surface area contributed by atoms with Crippen LogP contribution in [0.25, 0.3) is 0 Å². The van der Waals surface area contributed by atoms with Crippen LogP contribution in [0.3, 0.4) is 0 Å². The van der Waals surface area contributed by atoms with Crippen LogP contribution in [-0.4, -0.2) is 15.7 Å². The number of halogens is 2. The van der Waals surface area contributed by atoms with Gasteiger partial charge in [-0.2, -0.15) is 0 Å². The van der Waals surface area contributed by atoms with Gasteiger partial charge in [0.2, 0.25) is 5.91 Å². The highest BCUT2D eigenvalue weighted by Gasteiger charge is 2.55. The molecule has 1 aromatic heterocycles. The SMILES string of the molecule is O=C(Cn1c2c(sc1=O)[C@H](c1ccc(Cl)cc1)[C@@H]1[C@H]3CC[C@@H](C3)[C@H]1S2)Nc1ccc(Cl)cc1. The fourth-order valence-electron chi connectivity index (χ4n) is 6.01. The first-order valence-electron chi connectivity index (χ1n) is 11.2. The average Bonchev–Trinajstić information content (AvgIpc) is 3.49. The fourth-order valence-corrected chi connectivity index (χ4v) is 9.41. The smallest absolute Gasteiger partial charge is 0.308 e. The molecule has 1 aliphatic heterocycles. The molecule has 0 radical (unpaired) electrons. The summed E-state index contributed by atoms with van der Waals surface area (Å²) >= 11 is 15.3. The minimum atomic E-state index is -0.210. The quantitative estimate of drug-likeness (QED) is 0.430. The van der Waals surface area contributed by atoms with E-state index in [9.17, 15) is 9.59 Å². The normalized spacial score (nSPS) is 27.3. The summed E-state index contributed by atoms with van der Waals surface area (Å²) in [6, 6.07) is 15.1. The van der Waals surface area contributed by atoms with Crippen molar-refractivity contribution >= 4 is 57.9 Å². The third kappa shape index (κ3) is 3.85. The molecule has 3 aromatic rings. The standard InChI is InChI=1S/C25H22Cl2N2O2S2/c26-16-5-3-13(4-6-16)20-21-14-1-2-15(11-14)22(21)32-24-23(20)33-25(31)29(24)12-19(30)28-18-9-7-17(27)8-10-18/h3-10,14-15,20-22H,1-2,11-12H2,(H,28,30)/t14-,15-,20+,21-,22+/m0/s1. The number of nitrogens with one attached hydrogen (secondary N) is 1. The van der Waals surface area contributed by atoms with E-state index in [1.807, 2.05) is 23.9 Å². The second-order valence-corrected chi connectivity index (χ2v) is 12.2. The van der Waals surface area contributed by atoms with E-state index in [1.54, 1.807) is 28.8 Å². The average molecular weight is 518 g/mol. The summed E-state index contributed by atoms with van der Waals surface area (Å²) in [5, 5.41) is 5.69. The predicted molar refractivity (Wildman–Crippen MR) is 136 cm³/mol. The Hall–Kier alpha value is -1.73. The molecule has 8 heteroatoms. The highest BCUT2D eigenvalue weighted by molar-refractivity contribution is 8.00. The Bertz CT molecular complexity index is 1270. The second-order valence-electron chi connectivity index (χ2n) is 9.20. The van der Waals surface area contributed by atoms with Crippen molar-refractivity contribution in [2.45, 2.75) is 42.0 Å². The molecule has 33 heavy (non-hydrogen) atoms. The Balaban J connectivity index is 1.36. The molecular formula is C25H22Cl2N2O2S2. The highest BCUT2D eigenvalue weighted by Crippen LogP contribution is 2.64. The van der Waals surface area contributed by atoms with Gasteiger partial charge in [0.1, 0.15) is 6.54 Å². The number of aromatic nitrogens is 1. The molecule has 2 saturated carbocycles. The first kappa shape index (κ1) is 21.8. The zero-order chi connectivity index (χ0) is 22.7. The third-order valence-electron chi connectivity index (χ3n) is 7.35. The summed E-state index contributed by atoms with van der Waals surface area (Å²) in [6.45, 7) is 0.0130. The number of carbonyl (C=O) groups excluding carboxylic acids is 1. The predicted octanol–water partition coefficient (Wildman–Crippen LogP) is 6.51. The highest BCUT2D eigenvalue weighted by atomic mass is 35.5. The first-order chi connectivity index (χ1) is 16.0. The summed E-state index contributed by atoms with van der Waals surface area (Å²) in [5.41, 5.74) is 1.89. The van der Waals surface area contributed by atoms with Crippen LogP contribution in [0.1, 0.15) is 35.6 Å². The lowest BCUT2D eigenvalue weighted by Gasteiger charge is -2.40. The lowest BCUT2D eigenvalue weighted by Crippen LogP contribution is -2.34. The number of amides is 1. The molecule has 2 bridgehead atoms. The lowest BCUT2D eigenvalue weighted by atomic mass is 9.75. The fraction of sp³-hybridized carbons (Fsp3) is 0.360. The van der Waals surface area contributed by atoms with Crippen molar-refractivity contribution in [1.29, 1.82) is 0 Å². The summed E-state index contributed by atoms with van der Waals surface area (Å²) in [5.74, 6) is 1.92. The molecule has 0 saturated heterocycles.